The molecule has 96 heavy (non-hydrogen) atoms. The molecule has 2 aromatic heterocycles. The van der Waals surface area contributed by atoms with Crippen molar-refractivity contribution in [1.29, 1.82) is 0 Å². The van der Waals surface area contributed by atoms with Gasteiger partial charge in [-0.1, -0.05) is 253 Å². The largest absolute Gasteiger partial charge is 0.311 e. The first kappa shape index (κ1) is 58.5. The summed E-state index contributed by atoms with van der Waals surface area (Å²) in [6.07, 6.45) is 0. The maximum absolute atomic E-state index is 2.70. The van der Waals surface area contributed by atoms with Gasteiger partial charge < -0.3 is 18.9 Å². The molecule has 14 aromatic rings. The molecule has 0 unspecified atom stereocenters. The molecule has 12 aromatic carbocycles. The number of hydrogen-bond donors (Lipinski definition) is 0. The van der Waals surface area contributed by atoms with Crippen LogP contribution in [0.5, 0.6) is 0 Å². The second-order valence-corrected chi connectivity index (χ2v) is 32.2. The minimum Gasteiger partial charge on any atom is -0.311 e. The predicted molar refractivity (Wildman–Crippen MR) is 410 cm³/mol. The van der Waals surface area contributed by atoms with Crippen LogP contribution in [0, 0.1) is 13.8 Å². The van der Waals surface area contributed by atoms with Crippen LogP contribution in [0.25, 0.3) is 77.2 Å². The molecule has 2 aliphatic carbocycles. The van der Waals surface area contributed by atoms with Crippen molar-refractivity contribution in [1.82, 2.24) is 9.13 Å². The van der Waals surface area contributed by atoms with E-state index in [1.54, 1.807) is 0 Å². The second kappa shape index (κ2) is 20.0. The summed E-state index contributed by atoms with van der Waals surface area (Å²) in [5, 5.41) is 5.04. The van der Waals surface area contributed by atoms with Gasteiger partial charge >= 0.3 is 0 Å². The van der Waals surface area contributed by atoms with Gasteiger partial charge in [-0.2, -0.15) is 0 Å². The van der Waals surface area contributed by atoms with Crippen LogP contribution in [0.3, 0.4) is 0 Å². The molecule has 4 heterocycles. The molecule has 1 spiro atoms. The van der Waals surface area contributed by atoms with E-state index in [0.717, 1.165) is 22.7 Å². The number of fused-ring (bicyclic) bond motifs is 21. The minimum atomic E-state index is -0.557. The van der Waals surface area contributed by atoms with Crippen LogP contribution in [0.15, 0.2) is 237 Å². The molecule has 0 bridgehead atoms. The quantitative estimate of drug-likeness (QED) is 0.160. The van der Waals surface area contributed by atoms with E-state index in [4.69, 9.17) is 0 Å². The highest BCUT2D eigenvalue weighted by atomic mass is 15.2. The van der Waals surface area contributed by atoms with Gasteiger partial charge in [-0.05, 0) is 197 Å². The van der Waals surface area contributed by atoms with E-state index in [2.05, 4.69) is 352 Å². The summed E-state index contributed by atoms with van der Waals surface area (Å²) in [7, 11) is 0. The van der Waals surface area contributed by atoms with Gasteiger partial charge in [0.05, 0.1) is 33.2 Å². The van der Waals surface area contributed by atoms with E-state index in [9.17, 15) is 0 Å². The van der Waals surface area contributed by atoms with Crippen molar-refractivity contribution < 1.29 is 0 Å². The van der Waals surface area contributed by atoms with Gasteiger partial charge in [-0.15, -0.1) is 0 Å². The van der Waals surface area contributed by atoms with E-state index in [0.29, 0.717) is 0 Å². The normalized spacial score (nSPS) is 14.2. The van der Waals surface area contributed by atoms with Crippen LogP contribution >= 0.6 is 0 Å². The standard InChI is InChI=1S/C91H81BN4/c1-54-44-56(87(3,4)5)40-42-76(54)94(77-43-41-57(45-55(77)2)88(6,7)8)62-49-81-84-82(50-62)96-79-39-27-22-34-67(79)83-85-69(66-33-21-26-38-78(66)95(85)61-47-58(89(9,10)11)46-59(48-61)90(12,13)14)52-75(86(83)96)92(84)74-51-68-65-32-20-25-37-72(65)91(73(68)53-80(74)93(81)60-28-16-15-17-29-60)70-35-23-18-30-63(70)64-31-19-24-36-71(64)91/h15-53H,1-14H3. The Morgan fingerprint density at radius 2 is 0.833 bits per heavy atom. The zero-order valence-electron chi connectivity index (χ0n) is 57.9. The van der Waals surface area contributed by atoms with Crippen molar-refractivity contribution in [2.24, 2.45) is 0 Å². The molecular weight excluding hydrogens is 1160 g/mol. The summed E-state index contributed by atoms with van der Waals surface area (Å²) in [5.41, 5.74) is 35.7. The number of rotatable bonds is 5. The zero-order valence-corrected chi connectivity index (χ0v) is 57.9. The molecule has 0 N–H and O–H groups in total. The van der Waals surface area contributed by atoms with Crippen LogP contribution in [0.2, 0.25) is 0 Å². The Balaban J connectivity index is 1.03. The fourth-order valence-electron chi connectivity index (χ4n) is 17.6. The molecule has 2 aliphatic heterocycles. The van der Waals surface area contributed by atoms with Crippen molar-refractivity contribution in [3.05, 3.63) is 292 Å². The Labute approximate surface area is 566 Å². The topological polar surface area (TPSA) is 16.3 Å². The first-order valence-electron chi connectivity index (χ1n) is 34.7. The molecule has 0 saturated carbocycles. The van der Waals surface area contributed by atoms with Crippen LogP contribution in [0.4, 0.5) is 34.1 Å². The number of aromatic nitrogens is 2. The Morgan fingerprint density at radius 1 is 0.344 bits per heavy atom. The molecule has 4 nitrogen and oxygen atoms in total. The summed E-state index contributed by atoms with van der Waals surface area (Å²) >= 11 is 0. The lowest BCUT2D eigenvalue weighted by Gasteiger charge is -2.42. The fourth-order valence-corrected chi connectivity index (χ4v) is 17.6. The van der Waals surface area contributed by atoms with E-state index in [1.807, 2.05) is 0 Å². The third-order valence-electron chi connectivity index (χ3n) is 22.3. The van der Waals surface area contributed by atoms with Gasteiger partial charge in [0.1, 0.15) is 0 Å². The maximum Gasteiger partial charge on any atom is 0.252 e. The van der Waals surface area contributed by atoms with E-state index < -0.39 is 5.41 Å². The summed E-state index contributed by atoms with van der Waals surface area (Å²) in [6, 6.07) is 92.7. The highest BCUT2D eigenvalue weighted by Crippen LogP contribution is 2.64. The van der Waals surface area contributed by atoms with E-state index in [1.165, 1.54) is 161 Å². The molecule has 0 radical (unpaired) electrons. The third-order valence-corrected chi connectivity index (χ3v) is 22.3. The van der Waals surface area contributed by atoms with Gasteiger partial charge in [0.2, 0.25) is 0 Å². The smallest absolute Gasteiger partial charge is 0.252 e. The van der Waals surface area contributed by atoms with Gasteiger partial charge in [0.15, 0.2) is 0 Å². The molecule has 0 saturated heterocycles. The van der Waals surface area contributed by atoms with E-state index in [-0.39, 0.29) is 28.4 Å². The Bertz CT molecular complexity index is 5540. The van der Waals surface area contributed by atoms with Crippen LogP contribution in [-0.4, -0.2) is 15.8 Å². The number of benzene rings is 12. The summed E-state index contributed by atoms with van der Waals surface area (Å²) in [5.74, 6) is 0. The first-order valence-corrected chi connectivity index (χ1v) is 34.7. The summed E-state index contributed by atoms with van der Waals surface area (Å²) in [6.45, 7) is 32.6. The van der Waals surface area contributed by atoms with Gasteiger partial charge in [-0.25, -0.2) is 0 Å². The minimum absolute atomic E-state index is 0.0363. The molecule has 0 atom stereocenters. The number of nitrogens with zero attached hydrogens (tertiary/aromatic N) is 4. The lowest BCUT2D eigenvalue weighted by atomic mass is 9.33. The maximum atomic E-state index is 2.70. The van der Waals surface area contributed by atoms with Crippen LogP contribution < -0.4 is 26.2 Å². The summed E-state index contributed by atoms with van der Waals surface area (Å²) < 4.78 is 5.35. The van der Waals surface area contributed by atoms with E-state index >= 15 is 0 Å². The lowest BCUT2D eigenvalue weighted by molar-refractivity contribution is 0.568. The SMILES string of the molecule is Cc1cc(C(C)(C)C)ccc1N(c1cc2c3c(c1)-n1c4ccccc4c4c1c(cc1c5ccccc5n(-c5cc(C(C)(C)C)cc(C(C)(C)C)c5)c14)B3c1cc3c(cc1N2c1ccccc1)C1(c2ccccc2-c2ccccc21)c1ccccc1-3)c1ccc(C(C)(C)C)cc1C. The van der Waals surface area contributed by atoms with Gasteiger partial charge in [0.25, 0.3) is 6.71 Å². The van der Waals surface area contributed by atoms with Crippen molar-refractivity contribution in [3.63, 3.8) is 0 Å². The van der Waals surface area contributed by atoms with Crippen molar-refractivity contribution in [2.75, 3.05) is 9.80 Å². The highest BCUT2D eigenvalue weighted by Gasteiger charge is 2.54. The van der Waals surface area contributed by atoms with Crippen molar-refractivity contribution >= 4 is 101 Å². The molecule has 4 aliphatic rings. The monoisotopic (exact) mass is 1240 g/mol. The first-order chi connectivity index (χ1) is 46.0. The number of para-hydroxylation sites is 3. The number of aryl methyl sites for hydroxylation is 2. The molecule has 0 fully saturated rings. The number of hydrogen-bond acceptors (Lipinski definition) is 2. The van der Waals surface area contributed by atoms with Crippen LogP contribution in [-0.2, 0) is 27.1 Å². The highest BCUT2D eigenvalue weighted by molar-refractivity contribution is 7.00. The molecule has 18 rings (SSSR count). The third kappa shape index (κ3) is 8.10. The fraction of sp³-hybridized carbons (Fsp3) is 0.209. The molecule has 0 amide bonds. The Hall–Kier alpha value is -10.1. The Kier molecular flexibility index (Phi) is 12.2. The van der Waals surface area contributed by atoms with Gasteiger partial charge in [0, 0.05) is 61.4 Å². The predicted octanol–water partition coefficient (Wildman–Crippen LogP) is 22.1. The molecule has 468 valence electrons. The second-order valence-electron chi connectivity index (χ2n) is 32.2. The average Bonchev–Trinajstić information content (AvgIpc) is 1.36. The van der Waals surface area contributed by atoms with Crippen molar-refractivity contribution in [2.45, 2.75) is 124 Å². The zero-order chi connectivity index (χ0) is 66.0. The summed E-state index contributed by atoms with van der Waals surface area (Å²) in [4.78, 5) is 5.26. The Morgan fingerprint density at radius 3 is 1.39 bits per heavy atom. The van der Waals surface area contributed by atoms with Gasteiger partial charge in [-0.3, -0.25) is 0 Å². The molecular formula is C91H81BN4. The van der Waals surface area contributed by atoms with Crippen LogP contribution in [0.1, 0.15) is 139 Å². The average molecular weight is 1240 g/mol. The van der Waals surface area contributed by atoms with Crippen molar-refractivity contribution in [3.8, 4) is 33.6 Å². The molecule has 5 heteroatoms. The number of anilines is 6. The lowest BCUT2D eigenvalue weighted by Crippen LogP contribution is -2.60.